The maximum absolute atomic E-state index is 11.4. The minimum atomic E-state index is -0.117. The molecule has 5 heteroatoms. The lowest BCUT2D eigenvalue weighted by Gasteiger charge is -2.40. The van der Waals surface area contributed by atoms with Crippen molar-refractivity contribution in [2.75, 3.05) is 32.8 Å². The van der Waals surface area contributed by atoms with Gasteiger partial charge in [-0.1, -0.05) is 19.8 Å². The number of hydrogen-bond donors (Lipinski definition) is 3. The summed E-state index contributed by atoms with van der Waals surface area (Å²) in [7, 11) is 0. The Balaban J connectivity index is 1.78. The Labute approximate surface area is 109 Å². The van der Waals surface area contributed by atoms with Crippen molar-refractivity contribution in [1.29, 1.82) is 0 Å². The Kier molecular flexibility index (Phi) is 4.45. The Hall–Kier alpha value is -0.810. The first-order valence-corrected chi connectivity index (χ1v) is 7.04. The van der Waals surface area contributed by atoms with Gasteiger partial charge in [-0.2, -0.15) is 0 Å². The monoisotopic (exact) mass is 255 g/mol. The number of nitrogens with zero attached hydrogens (tertiary/aromatic N) is 1. The predicted octanol–water partition coefficient (Wildman–Crippen LogP) is 0.542. The van der Waals surface area contributed by atoms with Gasteiger partial charge >= 0.3 is 6.03 Å². The predicted molar refractivity (Wildman–Crippen MR) is 70.4 cm³/mol. The molecule has 0 aromatic heterocycles. The molecular formula is C13H25N3O2. The Bertz CT molecular complexity index is 298. The molecule has 0 radical (unpaired) electrons. The van der Waals surface area contributed by atoms with Gasteiger partial charge in [-0.05, 0) is 18.8 Å². The quantitative estimate of drug-likeness (QED) is 0.672. The second kappa shape index (κ2) is 5.89. The molecule has 2 aliphatic rings. The molecule has 2 atom stereocenters. The molecule has 1 aliphatic carbocycles. The number of carbonyl (C=O) groups excluding carboxylic acids is 1. The Morgan fingerprint density at radius 3 is 3.06 bits per heavy atom. The van der Waals surface area contributed by atoms with Crippen LogP contribution in [0.15, 0.2) is 0 Å². The van der Waals surface area contributed by atoms with Gasteiger partial charge in [0.25, 0.3) is 0 Å². The van der Waals surface area contributed by atoms with Crippen molar-refractivity contribution < 1.29 is 9.90 Å². The second-order valence-electron chi connectivity index (χ2n) is 5.79. The first-order valence-electron chi connectivity index (χ1n) is 7.04. The SMILES string of the molecule is CC1CCCC(CO)(NCCN2CCNC2=O)C1. The van der Waals surface area contributed by atoms with E-state index in [1.165, 1.54) is 12.8 Å². The van der Waals surface area contributed by atoms with Crippen molar-refractivity contribution in [3.05, 3.63) is 0 Å². The van der Waals surface area contributed by atoms with Crippen LogP contribution in [0.3, 0.4) is 0 Å². The molecule has 2 fully saturated rings. The van der Waals surface area contributed by atoms with Gasteiger partial charge in [-0.3, -0.25) is 0 Å². The molecule has 104 valence electrons. The summed E-state index contributed by atoms with van der Waals surface area (Å²) in [6, 6.07) is 0.0341. The number of aliphatic hydroxyl groups is 1. The summed E-state index contributed by atoms with van der Waals surface area (Å²) < 4.78 is 0. The molecule has 0 aromatic rings. The van der Waals surface area contributed by atoms with E-state index in [4.69, 9.17) is 0 Å². The molecule has 2 amide bonds. The van der Waals surface area contributed by atoms with Crippen LogP contribution in [0.4, 0.5) is 4.79 Å². The molecule has 2 rings (SSSR count). The number of aliphatic hydroxyl groups excluding tert-OH is 1. The van der Waals surface area contributed by atoms with Crippen LogP contribution in [-0.4, -0.2) is 54.4 Å². The number of hydrogen-bond acceptors (Lipinski definition) is 3. The fourth-order valence-electron chi connectivity index (χ4n) is 3.20. The highest BCUT2D eigenvalue weighted by Gasteiger charge is 2.34. The van der Waals surface area contributed by atoms with Gasteiger partial charge in [-0.25, -0.2) is 4.79 Å². The molecule has 3 N–H and O–H groups in total. The van der Waals surface area contributed by atoms with Crippen molar-refractivity contribution in [2.24, 2.45) is 5.92 Å². The largest absolute Gasteiger partial charge is 0.394 e. The standard InChI is InChI=1S/C13H25N3O2/c1-11-3-2-4-13(9-11,10-17)15-6-8-16-7-5-14-12(16)18/h11,15,17H,2-10H2,1H3,(H,14,18). The molecular weight excluding hydrogens is 230 g/mol. The third-order valence-corrected chi connectivity index (χ3v) is 4.22. The summed E-state index contributed by atoms with van der Waals surface area (Å²) in [5.41, 5.74) is -0.117. The van der Waals surface area contributed by atoms with Crippen LogP contribution in [-0.2, 0) is 0 Å². The number of rotatable bonds is 5. The van der Waals surface area contributed by atoms with Crippen LogP contribution >= 0.6 is 0 Å². The molecule has 0 spiro atoms. The Morgan fingerprint density at radius 1 is 1.61 bits per heavy atom. The fraction of sp³-hybridized carbons (Fsp3) is 0.923. The van der Waals surface area contributed by atoms with Crippen LogP contribution < -0.4 is 10.6 Å². The average Bonchev–Trinajstić information content (AvgIpc) is 2.75. The van der Waals surface area contributed by atoms with Gasteiger partial charge < -0.3 is 20.6 Å². The number of nitrogens with one attached hydrogen (secondary N) is 2. The van der Waals surface area contributed by atoms with Crippen LogP contribution in [0.5, 0.6) is 0 Å². The second-order valence-corrected chi connectivity index (χ2v) is 5.79. The highest BCUT2D eigenvalue weighted by atomic mass is 16.3. The van der Waals surface area contributed by atoms with Crippen LogP contribution in [0, 0.1) is 5.92 Å². The maximum Gasteiger partial charge on any atom is 0.317 e. The summed E-state index contributed by atoms with van der Waals surface area (Å²) in [6.07, 6.45) is 4.52. The zero-order valence-corrected chi connectivity index (χ0v) is 11.2. The molecule has 1 saturated carbocycles. The minimum absolute atomic E-state index is 0.0341. The van der Waals surface area contributed by atoms with E-state index in [1.807, 2.05) is 4.90 Å². The van der Waals surface area contributed by atoms with Crippen LogP contribution in [0.1, 0.15) is 32.6 Å². The van der Waals surface area contributed by atoms with E-state index < -0.39 is 0 Å². The fourth-order valence-corrected chi connectivity index (χ4v) is 3.20. The molecule has 1 saturated heterocycles. The van der Waals surface area contributed by atoms with Crippen molar-refractivity contribution >= 4 is 6.03 Å². The Morgan fingerprint density at radius 2 is 2.44 bits per heavy atom. The van der Waals surface area contributed by atoms with E-state index in [0.717, 1.165) is 39.0 Å². The highest BCUT2D eigenvalue weighted by molar-refractivity contribution is 5.76. The van der Waals surface area contributed by atoms with Gasteiger partial charge in [0.15, 0.2) is 0 Å². The summed E-state index contributed by atoms with van der Waals surface area (Å²) in [5, 5.41) is 15.9. The maximum atomic E-state index is 11.4. The summed E-state index contributed by atoms with van der Waals surface area (Å²) in [5.74, 6) is 0.675. The zero-order chi connectivity index (χ0) is 13.0. The van der Waals surface area contributed by atoms with Gasteiger partial charge in [-0.15, -0.1) is 0 Å². The lowest BCUT2D eigenvalue weighted by Crippen LogP contribution is -2.53. The zero-order valence-electron chi connectivity index (χ0n) is 11.2. The number of carbonyl (C=O) groups is 1. The molecule has 2 unspecified atom stereocenters. The molecule has 0 aromatic carbocycles. The molecule has 5 nitrogen and oxygen atoms in total. The molecule has 1 aliphatic heterocycles. The third-order valence-electron chi connectivity index (χ3n) is 4.22. The van der Waals surface area contributed by atoms with Gasteiger partial charge in [0.1, 0.15) is 0 Å². The van der Waals surface area contributed by atoms with E-state index >= 15 is 0 Å². The summed E-state index contributed by atoms with van der Waals surface area (Å²) >= 11 is 0. The van der Waals surface area contributed by atoms with E-state index in [2.05, 4.69) is 17.6 Å². The lowest BCUT2D eigenvalue weighted by atomic mass is 9.77. The van der Waals surface area contributed by atoms with Gasteiger partial charge in [0.05, 0.1) is 6.61 Å². The molecule has 0 bridgehead atoms. The van der Waals surface area contributed by atoms with E-state index in [9.17, 15) is 9.90 Å². The first kappa shape index (κ1) is 13.6. The lowest BCUT2D eigenvalue weighted by molar-refractivity contribution is 0.0980. The normalized spacial score (nSPS) is 32.7. The van der Waals surface area contributed by atoms with Crippen LogP contribution in [0.25, 0.3) is 0 Å². The van der Waals surface area contributed by atoms with Crippen molar-refractivity contribution in [1.82, 2.24) is 15.5 Å². The molecule has 18 heavy (non-hydrogen) atoms. The van der Waals surface area contributed by atoms with E-state index in [0.29, 0.717) is 5.92 Å². The molecule has 1 heterocycles. The minimum Gasteiger partial charge on any atom is -0.394 e. The smallest absolute Gasteiger partial charge is 0.317 e. The van der Waals surface area contributed by atoms with Gasteiger partial charge in [0, 0.05) is 31.7 Å². The third kappa shape index (κ3) is 3.14. The van der Waals surface area contributed by atoms with E-state index in [1.54, 1.807) is 0 Å². The van der Waals surface area contributed by atoms with Crippen molar-refractivity contribution in [2.45, 2.75) is 38.1 Å². The topological polar surface area (TPSA) is 64.6 Å². The van der Waals surface area contributed by atoms with Crippen LogP contribution in [0.2, 0.25) is 0 Å². The van der Waals surface area contributed by atoms with Crippen molar-refractivity contribution in [3.8, 4) is 0 Å². The van der Waals surface area contributed by atoms with Crippen molar-refractivity contribution in [3.63, 3.8) is 0 Å². The number of amides is 2. The summed E-state index contributed by atoms with van der Waals surface area (Å²) in [6.45, 7) is 5.48. The average molecular weight is 255 g/mol. The summed E-state index contributed by atoms with van der Waals surface area (Å²) in [4.78, 5) is 13.2. The van der Waals surface area contributed by atoms with E-state index in [-0.39, 0.29) is 18.2 Å². The highest BCUT2D eigenvalue weighted by Crippen LogP contribution is 2.31. The number of urea groups is 1. The first-order chi connectivity index (χ1) is 8.65. The van der Waals surface area contributed by atoms with Gasteiger partial charge in [0.2, 0.25) is 0 Å².